The fourth-order valence-corrected chi connectivity index (χ4v) is 1.69. The van der Waals surface area contributed by atoms with Crippen molar-refractivity contribution in [1.29, 1.82) is 0 Å². The maximum absolute atomic E-state index is 13.6. The number of alkyl halides is 3. The molecule has 3 unspecified atom stereocenters. The predicted molar refractivity (Wildman–Crippen MR) is 53.7 cm³/mol. The molecule has 18 heavy (non-hydrogen) atoms. The summed E-state index contributed by atoms with van der Waals surface area (Å²) in [4.78, 5) is 14.7. The highest BCUT2D eigenvalue weighted by atomic mass is 19.3. The molecule has 0 bridgehead atoms. The number of hydrogen-bond acceptors (Lipinski definition) is 5. The van der Waals surface area contributed by atoms with Gasteiger partial charge in [-0.15, -0.1) is 0 Å². The summed E-state index contributed by atoms with van der Waals surface area (Å²) in [6, 6.07) is 1.15. The van der Waals surface area contributed by atoms with E-state index in [0.717, 1.165) is 12.3 Å². The van der Waals surface area contributed by atoms with Gasteiger partial charge in [-0.3, -0.25) is 4.57 Å². The number of nitrogens with two attached hydrogens (primary N) is 1. The Bertz CT molecular complexity index is 507. The smallest absolute Gasteiger partial charge is 0.351 e. The molecule has 1 fully saturated rings. The first-order valence-electron chi connectivity index (χ1n) is 5.00. The van der Waals surface area contributed by atoms with E-state index in [-0.39, 0.29) is 5.82 Å². The van der Waals surface area contributed by atoms with Gasteiger partial charge in [-0.25, -0.2) is 18.0 Å². The van der Waals surface area contributed by atoms with Crippen LogP contribution in [-0.2, 0) is 4.74 Å². The van der Waals surface area contributed by atoms with Gasteiger partial charge in [-0.2, -0.15) is 4.98 Å². The van der Waals surface area contributed by atoms with Crippen molar-refractivity contribution in [1.82, 2.24) is 9.55 Å². The Morgan fingerprint density at radius 2 is 2.28 bits per heavy atom. The maximum Gasteiger partial charge on any atom is 0.351 e. The number of aromatic nitrogens is 2. The number of halogens is 3. The molecule has 3 N–H and O–H groups in total. The van der Waals surface area contributed by atoms with Crippen molar-refractivity contribution in [2.75, 3.05) is 12.3 Å². The first kappa shape index (κ1) is 12.8. The van der Waals surface area contributed by atoms with E-state index in [4.69, 9.17) is 10.8 Å². The lowest BCUT2D eigenvalue weighted by molar-refractivity contribution is -0.111. The lowest BCUT2D eigenvalue weighted by Crippen LogP contribution is -2.39. The molecule has 0 amide bonds. The largest absolute Gasteiger partial charge is 0.393 e. The SMILES string of the molecule is Nc1ccn(C2OC(CO)C(F)(F)C2F)c(=O)n1. The molecule has 9 heteroatoms. The van der Waals surface area contributed by atoms with Gasteiger partial charge in [0.15, 0.2) is 6.23 Å². The molecule has 0 aromatic carbocycles. The van der Waals surface area contributed by atoms with E-state index >= 15 is 0 Å². The van der Waals surface area contributed by atoms with Crippen LogP contribution in [0.4, 0.5) is 19.0 Å². The van der Waals surface area contributed by atoms with E-state index < -0.39 is 36.7 Å². The summed E-state index contributed by atoms with van der Waals surface area (Å²) in [7, 11) is 0. The third-order valence-corrected chi connectivity index (χ3v) is 2.64. The maximum atomic E-state index is 13.6. The Hall–Kier alpha value is -1.61. The second kappa shape index (κ2) is 4.25. The van der Waals surface area contributed by atoms with Crippen molar-refractivity contribution in [3.05, 3.63) is 22.7 Å². The molecule has 6 nitrogen and oxygen atoms in total. The molecule has 0 spiro atoms. The summed E-state index contributed by atoms with van der Waals surface area (Å²) in [6.07, 6.45) is -5.57. The molecule has 1 aliphatic rings. The lowest BCUT2D eigenvalue weighted by atomic mass is 10.1. The van der Waals surface area contributed by atoms with Crippen molar-refractivity contribution in [3.63, 3.8) is 0 Å². The van der Waals surface area contributed by atoms with Gasteiger partial charge in [0.25, 0.3) is 0 Å². The van der Waals surface area contributed by atoms with Crippen LogP contribution in [0.15, 0.2) is 17.1 Å². The Labute approximate surface area is 98.8 Å². The summed E-state index contributed by atoms with van der Waals surface area (Å²) < 4.78 is 45.4. The molecule has 0 aliphatic carbocycles. The van der Waals surface area contributed by atoms with Gasteiger partial charge >= 0.3 is 11.6 Å². The fourth-order valence-electron chi connectivity index (χ4n) is 1.69. The van der Waals surface area contributed by atoms with Gasteiger partial charge in [0.1, 0.15) is 11.9 Å². The Morgan fingerprint density at radius 1 is 1.61 bits per heavy atom. The van der Waals surface area contributed by atoms with E-state index in [0.29, 0.717) is 4.57 Å². The van der Waals surface area contributed by atoms with E-state index in [1.54, 1.807) is 0 Å². The first-order valence-corrected chi connectivity index (χ1v) is 5.00. The number of rotatable bonds is 2. The highest BCUT2D eigenvalue weighted by molar-refractivity contribution is 5.23. The second-order valence-electron chi connectivity index (χ2n) is 3.82. The highest BCUT2D eigenvalue weighted by Crippen LogP contribution is 2.42. The monoisotopic (exact) mass is 265 g/mol. The van der Waals surface area contributed by atoms with Crippen LogP contribution in [0.3, 0.4) is 0 Å². The van der Waals surface area contributed by atoms with Crippen LogP contribution < -0.4 is 11.4 Å². The van der Waals surface area contributed by atoms with Gasteiger partial charge in [0.05, 0.1) is 6.61 Å². The topological polar surface area (TPSA) is 90.4 Å². The van der Waals surface area contributed by atoms with Crippen molar-refractivity contribution in [2.45, 2.75) is 24.4 Å². The molecule has 0 radical (unpaired) electrons. The average Bonchev–Trinajstić information content (AvgIpc) is 2.52. The normalized spacial score (nSPS) is 30.6. The van der Waals surface area contributed by atoms with Gasteiger partial charge in [-0.1, -0.05) is 0 Å². The second-order valence-corrected chi connectivity index (χ2v) is 3.82. The summed E-state index contributed by atoms with van der Waals surface area (Å²) in [6.45, 7) is -1.05. The quantitative estimate of drug-likeness (QED) is 0.765. The lowest BCUT2D eigenvalue weighted by Gasteiger charge is -2.16. The minimum absolute atomic E-state index is 0.116. The molecule has 0 saturated carbocycles. The van der Waals surface area contributed by atoms with Gasteiger partial charge in [-0.05, 0) is 6.07 Å². The number of ether oxygens (including phenoxy) is 1. The van der Waals surface area contributed by atoms with Crippen LogP contribution in [0.2, 0.25) is 0 Å². The average molecular weight is 265 g/mol. The van der Waals surface area contributed by atoms with Crippen LogP contribution in [0.5, 0.6) is 0 Å². The molecule has 1 saturated heterocycles. The minimum Gasteiger partial charge on any atom is -0.393 e. The Morgan fingerprint density at radius 3 is 2.78 bits per heavy atom. The zero-order valence-corrected chi connectivity index (χ0v) is 8.96. The van der Waals surface area contributed by atoms with E-state index in [1.807, 2.05) is 0 Å². The standard InChI is InChI=1S/C9H10F3N3O3/c10-6-7(18-4(3-16)9(6,11)12)15-2-1-5(13)14-8(15)17/h1-2,4,6-7,16H,3H2,(H2,13,14,17). The van der Waals surface area contributed by atoms with E-state index in [2.05, 4.69) is 9.72 Å². The molecular weight excluding hydrogens is 255 g/mol. The molecule has 1 aromatic rings. The molecule has 100 valence electrons. The first-order chi connectivity index (χ1) is 8.37. The fraction of sp³-hybridized carbons (Fsp3) is 0.556. The van der Waals surface area contributed by atoms with Crippen molar-refractivity contribution >= 4 is 5.82 Å². The molecule has 1 aliphatic heterocycles. The summed E-state index contributed by atoms with van der Waals surface area (Å²) in [5, 5.41) is 8.70. The minimum atomic E-state index is -3.87. The van der Waals surface area contributed by atoms with Crippen molar-refractivity contribution in [2.24, 2.45) is 0 Å². The molecule has 3 atom stereocenters. The summed E-state index contributed by atoms with van der Waals surface area (Å²) in [5.41, 5.74) is 4.22. The Kier molecular flexibility index (Phi) is 3.03. The number of aliphatic hydroxyl groups is 1. The third-order valence-electron chi connectivity index (χ3n) is 2.64. The molecule has 1 aromatic heterocycles. The van der Waals surface area contributed by atoms with E-state index in [1.165, 1.54) is 0 Å². The number of hydrogen-bond donors (Lipinski definition) is 2. The van der Waals surface area contributed by atoms with Gasteiger partial charge in [0.2, 0.25) is 6.17 Å². The predicted octanol–water partition coefficient (Wildman–Crippen LogP) is -0.311. The van der Waals surface area contributed by atoms with Gasteiger partial charge < -0.3 is 15.6 Å². The molecule has 2 rings (SSSR count). The zero-order chi connectivity index (χ0) is 13.5. The number of nitrogen functional groups attached to an aromatic ring is 1. The highest BCUT2D eigenvalue weighted by Gasteiger charge is 2.60. The molecular formula is C9H10F3N3O3. The summed E-state index contributed by atoms with van der Waals surface area (Å²) in [5.74, 6) is -3.99. The number of anilines is 1. The zero-order valence-electron chi connectivity index (χ0n) is 8.96. The van der Waals surface area contributed by atoms with Crippen LogP contribution in [-0.4, -0.2) is 39.5 Å². The van der Waals surface area contributed by atoms with Crippen LogP contribution in [0, 0.1) is 0 Å². The van der Waals surface area contributed by atoms with Crippen LogP contribution in [0.25, 0.3) is 0 Å². The van der Waals surface area contributed by atoms with Crippen molar-refractivity contribution < 1.29 is 23.0 Å². The van der Waals surface area contributed by atoms with Crippen LogP contribution >= 0.6 is 0 Å². The Balaban J connectivity index is 2.38. The van der Waals surface area contributed by atoms with Crippen LogP contribution in [0.1, 0.15) is 6.23 Å². The van der Waals surface area contributed by atoms with E-state index in [9.17, 15) is 18.0 Å². The van der Waals surface area contributed by atoms with Gasteiger partial charge in [0, 0.05) is 6.20 Å². The number of aliphatic hydroxyl groups excluding tert-OH is 1. The van der Waals surface area contributed by atoms with Crippen molar-refractivity contribution in [3.8, 4) is 0 Å². The summed E-state index contributed by atoms with van der Waals surface area (Å²) >= 11 is 0. The number of nitrogens with zero attached hydrogens (tertiary/aromatic N) is 2. The molecule has 2 heterocycles. The third kappa shape index (κ3) is 1.85.